The second kappa shape index (κ2) is 13.3. The number of aryl methyl sites for hydroxylation is 1. The molecular formula is C22H24BrIN4O5. The van der Waals surface area contributed by atoms with E-state index in [1.807, 2.05) is 13.0 Å². The lowest BCUT2D eigenvalue weighted by Gasteiger charge is -2.13. The third-order valence-electron chi connectivity index (χ3n) is 4.21. The third-order valence-corrected chi connectivity index (χ3v) is 6.07. The average Bonchev–Trinajstić information content (AvgIpc) is 2.80. The lowest BCUT2D eigenvalue weighted by molar-refractivity contribution is -0.123. The van der Waals surface area contributed by atoms with Crippen molar-refractivity contribution in [3.63, 3.8) is 0 Å². The van der Waals surface area contributed by atoms with Crippen LogP contribution < -0.4 is 19.6 Å². The number of hydrogen-bond acceptors (Lipinski definition) is 8. The van der Waals surface area contributed by atoms with Crippen molar-refractivity contribution in [1.29, 1.82) is 5.26 Å². The van der Waals surface area contributed by atoms with Crippen LogP contribution in [-0.4, -0.2) is 44.5 Å². The van der Waals surface area contributed by atoms with Gasteiger partial charge in [-0.2, -0.15) is 10.4 Å². The molecule has 0 unspecified atom stereocenters. The molecule has 0 aliphatic carbocycles. The first-order valence-electron chi connectivity index (χ1n) is 9.89. The lowest BCUT2D eigenvalue weighted by atomic mass is 10.1. The molecule has 0 radical (unpaired) electrons. The summed E-state index contributed by atoms with van der Waals surface area (Å²) in [5, 5.41) is 13.5. The van der Waals surface area contributed by atoms with Crippen LogP contribution in [0, 0.1) is 21.8 Å². The van der Waals surface area contributed by atoms with Gasteiger partial charge in [-0.3, -0.25) is 4.79 Å². The summed E-state index contributed by atoms with van der Waals surface area (Å²) >= 11 is 5.57. The fourth-order valence-corrected chi connectivity index (χ4v) is 3.90. The van der Waals surface area contributed by atoms with Gasteiger partial charge < -0.3 is 18.9 Å². The maximum absolute atomic E-state index is 12.2. The predicted octanol–water partition coefficient (Wildman–Crippen LogP) is 4.10. The van der Waals surface area contributed by atoms with Crippen molar-refractivity contribution in [3.8, 4) is 23.4 Å². The van der Waals surface area contributed by atoms with Crippen molar-refractivity contribution in [2.24, 2.45) is 5.10 Å². The summed E-state index contributed by atoms with van der Waals surface area (Å²) in [6, 6.07) is 5.69. The molecule has 1 aromatic heterocycles. The lowest BCUT2D eigenvalue weighted by Crippen LogP contribution is -2.25. The number of pyridine rings is 1. The van der Waals surface area contributed by atoms with Crippen molar-refractivity contribution in [2.45, 2.75) is 26.9 Å². The molecule has 0 spiro atoms. The van der Waals surface area contributed by atoms with Crippen molar-refractivity contribution in [2.75, 3.05) is 27.4 Å². The van der Waals surface area contributed by atoms with Crippen molar-refractivity contribution >= 4 is 50.6 Å². The van der Waals surface area contributed by atoms with Crippen LogP contribution in [-0.2, 0) is 16.1 Å². The molecule has 2 aromatic rings. The summed E-state index contributed by atoms with van der Waals surface area (Å²) in [4.78, 5) is 16.4. The number of nitrogens with zero attached hydrogens (tertiary/aromatic N) is 3. The topological polar surface area (TPSA) is 115 Å². The van der Waals surface area contributed by atoms with Gasteiger partial charge in [0.15, 0.2) is 18.1 Å². The number of carbonyl (C=O) groups is 1. The molecule has 0 atom stereocenters. The van der Waals surface area contributed by atoms with Gasteiger partial charge in [-0.05, 0) is 69.6 Å². The SMILES string of the molecule is CCCOc1c(I)cc(/C=N/NC(=O)COc2nc(C)c(Br)c(COC)c2C#N)cc1OC. The molecule has 1 heterocycles. The minimum Gasteiger partial charge on any atom is -0.493 e. The van der Waals surface area contributed by atoms with Gasteiger partial charge >= 0.3 is 0 Å². The largest absolute Gasteiger partial charge is 0.493 e. The highest BCUT2D eigenvalue weighted by Gasteiger charge is 2.18. The first-order valence-corrected chi connectivity index (χ1v) is 11.8. The number of nitrogens with one attached hydrogen (secondary N) is 1. The molecule has 176 valence electrons. The fraction of sp³-hybridized carbons (Fsp3) is 0.364. The molecular weight excluding hydrogens is 607 g/mol. The van der Waals surface area contributed by atoms with Gasteiger partial charge in [0, 0.05) is 17.1 Å². The van der Waals surface area contributed by atoms with Gasteiger partial charge in [0.25, 0.3) is 5.91 Å². The maximum Gasteiger partial charge on any atom is 0.278 e. The Morgan fingerprint density at radius 3 is 2.76 bits per heavy atom. The molecule has 0 bridgehead atoms. The fourth-order valence-electron chi connectivity index (χ4n) is 2.72. The zero-order valence-electron chi connectivity index (χ0n) is 18.7. The number of nitriles is 1. The number of amides is 1. The zero-order valence-corrected chi connectivity index (χ0v) is 22.4. The Bertz CT molecular complexity index is 1070. The number of methoxy groups -OCH3 is 2. The molecule has 0 aliphatic heterocycles. The summed E-state index contributed by atoms with van der Waals surface area (Å²) in [6.07, 6.45) is 2.38. The van der Waals surface area contributed by atoms with Gasteiger partial charge in [-0.25, -0.2) is 10.4 Å². The van der Waals surface area contributed by atoms with Crippen LogP contribution in [0.15, 0.2) is 21.7 Å². The number of halogens is 2. The highest BCUT2D eigenvalue weighted by atomic mass is 127. The standard InChI is InChI=1S/C22H24BrIN4O5/c1-5-6-32-21-17(24)7-14(8-18(21)31-4)10-26-28-19(29)12-33-22-15(9-25)16(11-30-3)20(23)13(2)27-22/h7-8,10H,5-6,11-12H2,1-4H3,(H,28,29)/b26-10+. The van der Waals surface area contributed by atoms with E-state index >= 15 is 0 Å². The number of aromatic nitrogens is 1. The summed E-state index contributed by atoms with van der Waals surface area (Å²) in [5.74, 6) is 0.814. The molecule has 0 aliphatic rings. The van der Waals surface area contributed by atoms with Crippen LogP contribution >= 0.6 is 38.5 Å². The molecule has 2 rings (SSSR count). The normalized spacial score (nSPS) is 10.7. The highest BCUT2D eigenvalue weighted by molar-refractivity contribution is 14.1. The van der Waals surface area contributed by atoms with Crippen LogP contribution in [0.25, 0.3) is 0 Å². The first-order chi connectivity index (χ1) is 15.9. The molecule has 1 N–H and O–H groups in total. The van der Waals surface area contributed by atoms with E-state index in [9.17, 15) is 10.1 Å². The smallest absolute Gasteiger partial charge is 0.278 e. The average molecular weight is 631 g/mol. The predicted molar refractivity (Wildman–Crippen MR) is 135 cm³/mol. The number of benzene rings is 1. The van der Waals surface area contributed by atoms with Crippen LogP contribution in [0.4, 0.5) is 0 Å². The summed E-state index contributed by atoms with van der Waals surface area (Å²) < 4.78 is 23.3. The van der Waals surface area contributed by atoms with E-state index in [0.717, 1.165) is 15.6 Å². The Morgan fingerprint density at radius 1 is 1.36 bits per heavy atom. The van der Waals surface area contributed by atoms with Crippen LogP contribution in [0.5, 0.6) is 17.4 Å². The van der Waals surface area contributed by atoms with Crippen LogP contribution in [0.1, 0.15) is 35.7 Å². The molecule has 9 nitrogen and oxygen atoms in total. The van der Waals surface area contributed by atoms with E-state index in [2.05, 4.69) is 60.1 Å². The molecule has 0 saturated carbocycles. The van der Waals surface area contributed by atoms with E-state index in [0.29, 0.717) is 33.8 Å². The minimum absolute atomic E-state index is 0.0614. The van der Waals surface area contributed by atoms with Gasteiger partial charge in [0.1, 0.15) is 11.6 Å². The highest BCUT2D eigenvalue weighted by Crippen LogP contribution is 2.33. The number of ether oxygens (including phenoxy) is 4. The summed E-state index contributed by atoms with van der Waals surface area (Å²) in [6.45, 7) is 4.21. The van der Waals surface area contributed by atoms with E-state index in [-0.39, 0.29) is 24.7 Å². The van der Waals surface area contributed by atoms with E-state index in [1.54, 1.807) is 20.1 Å². The monoisotopic (exact) mass is 630 g/mol. The molecule has 1 aromatic carbocycles. The molecule has 0 saturated heterocycles. The maximum atomic E-state index is 12.2. The van der Waals surface area contributed by atoms with Crippen molar-refractivity contribution in [3.05, 3.63) is 42.6 Å². The molecule has 0 fully saturated rings. The van der Waals surface area contributed by atoms with E-state index < -0.39 is 5.91 Å². The number of hydrogen-bond donors (Lipinski definition) is 1. The Hall–Kier alpha value is -2.43. The van der Waals surface area contributed by atoms with Crippen molar-refractivity contribution in [1.82, 2.24) is 10.4 Å². The second-order valence-electron chi connectivity index (χ2n) is 6.68. The number of carbonyl (C=O) groups excluding carboxylic acids is 1. The molecule has 33 heavy (non-hydrogen) atoms. The Labute approximate surface area is 214 Å². The molecule has 1 amide bonds. The van der Waals surface area contributed by atoms with E-state index in [4.69, 9.17) is 18.9 Å². The second-order valence-corrected chi connectivity index (χ2v) is 8.63. The summed E-state index contributed by atoms with van der Waals surface area (Å²) in [7, 11) is 3.09. The first kappa shape index (κ1) is 26.8. The van der Waals surface area contributed by atoms with Crippen LogP contribution in [0.2, 0.25) is 0 Å². The zero-order chi connectivity index (χ0) is 24.4. The molecule has 11 heteroatoms. The van der Waals surface area contributed by atoms with Crippen molar-refractivity contribution < 1.29 is 23.7 Å². The Balaban J connectivity index is 2.06. The quantitative estimate of drug-likeness (QED) is 0.226. The minimum atomic E-state index is -0.504. The van der Waals surface area contributed by atoms with Crippen LogP contribution in [0.3, 0.4) is 0 Å². The number of hydrazone groups is 1. The Morgan fingerprint density at radius 2 is 2.12 bits per heavy atom. The van der Waals surface area contributed by atoms with E-state index in [1.165, 1.54) is 13.3 Å². The number of rotatable bonds is 11. The third kappa shape index (κ3) is 7.28. The van der Waals surface area contributed by atoms with Gasteiger partial charge in [0.2, 0.25) is 5.88 Å². The summed E-state index contributed by atoms with van der Waals surface area (Å²) in [5.41, 5.74) is 4.55. The van der Waals surface area contributed by atoms with Gasteiger partial charge in [-0.1, -0.05) is 6.92 Å². The Kier molecular flexibility index (Phi) is 10.8. The van der Waals surface area contributed by atoms with Gasteiger partial charge in [-0.15, -0.1) is 0 Å². The van der Waals surface area contributed by atoms with Gasteiger partial charge in [0.05, 0.1) is 35.8 Å².